The molecule has 3 rings (SSSR count). The van der Waals surface area contributed by atoms with Crippen LogP contribution in [-0.4, -0.2) is 37.8 Å². The second-order valence-corrected chi connectivity index (χ2v) is 5.86. The normalized spacial score (nSPS) is 13.1. The highest BCUT2D eigenvalue weighted by Crippen LogP contribution is 2.28. The van der Waals surface area contributed by atoms with E-state index in [1.54, 1.807) is 38.3 Å². The lowest BCUT2D eigenvalue weighted by Crippen LogP contribution is -2.27. The van der Waals surface area contributed by atoms with Gasteiger partial charge in [0, 0.05) is 5.69 Å². The van der Waals surface area contributed by atoms with Gasteiger partial charge in [0.2, 0.25) is 0 Å². The minimum absolute atomic E-state index is 0.0106. The molecule has 1 aliphatic rings. The van der Waals surface area contributed by atoms with Gasteiger partial charge < -0.3 is 20.1 Å². The number of methoxy groups -OCH3 is 1. The van der Waals surface area contributed by atoms with Crippen LogP contribution in [0.15, 0.2) is 47.6 Å². The summed E-state index contributed by atoms with van der Waals surface area (Å²) in [5.41, 5.74) is 5.27. The third-order valence-electron chi connectivity index (χ3n) is 3.92. The van der Waals surface area contributed by atoms with E-state index in [0.29, 0.717) is 17.1 Å². The number of carbonyl (C=O) groups is 2. The van der Waals surface area contributed by atoms with E-state index in [0.717, 1.165) is 17.0 Å². The molecule has 2 amide bonds. The van der Waals surface area contributed by atoms with E-state index in [2.05, 4.69) is 21.2 Å². The summed E-state index contributed by atoms with van der Waals surface area (Å²) in [6, 6.07) is 12.6. The lowest BCUT2D eigenvalue weighted by Gasteiger charge is -2.18. The van der Waals surface area contributed by atoms with E-state index in [1.165, 1.54) is 0 Å². The van der Waals surface area contributed by atoms with Crippen LogP contribution in [-0.2, 0) is 9.59 Å². The molecule has 1 aliphatic heterocycles. The first-order valence-electron chi connectivity index (χ1n) is 8.33. The molecular formula is C19H20N4O4. The maximum Gasteiger partial charge on any atom is 0.262 e. The van der Waals surface area contributed by atoms with Gasteiger partial charge in [-0.15, -0.1) is 0 Å². The highest BCUT2D eigenvalue weighted by Gasteiger charge is 2.16. The molecule has 0 saturated heterocycles. The van der Waals surface area contributed by atoms with Crippen LogP contribution < -0.4 is 25.5 Å². The number of ether oxygens (including phenoxy) is 2. The molecule has 0 atom stereocenters. The van der Waals surface area contributed by atoms with Crippen molar-refractivity contribution in [2.75, 3.05) is 30.9 Å². The van der Waals surface area contributed by atoms with E-state index in [1.807, 2.05) is 18.2 Å². The van der Waals surface area contributed by atoms with E-state index >= 15 is 0 Å². The number of benzene rings is 2. The van der Waals surface area contributed by atoms with Gasteiger partial charge in [0.15, 0.2) is 6.61 Å². The zero-order valence-electron chi connectivity index (χ0n) is 15.0. The Morgan fingerprint density at radius 2 is 2.04 bits per heavy atom. The number of anilines is 2. The standard InChI is InChI=1S/C19H20N4O4/c1-12(13-3-8-17-16(9-13)21-19(25)11-27-17)22-23-18(24)10-20-14-4-6-15(26-2)7-5-14/h3-9,20H,10-11H2,1-2H3,(H,21,25)(H,23,24)/b22-12-. The molecule has 8 nitrogen and oxygen atoms in total. The molecule has 2 aromatic rings. The number of hydrazone groups is 1. The number of carbonyl (C=O) groups excluding carboxylic acids is 2. The fraction of sp³-hybridized carbons (Fsp3) is 0.211. The van der Waals surface area contributed by atoms with Crippen molar-refractivity contribution in [3.63, 3.8) is 0 Å². The molecule has 0 aromatic heterocycles. The fourth-order valence-electron chi connectivity index (χ4n) is 2.45. The van der Waals surface area contributed by atoms with Gasteiger partial charge >= 0.3 is 0 Å². The summed E-state index contributed by atoms with van der Waals surface area (Å²) in [4.78, 5) is 23.4. The van der Waals surface area contributed by atoms with Gasteiger partial charge in [-0.25, -0.2) is 5.43 Å². The number of nitrogens with zero attached hydrogens (tertiary/aromatic N) is 1. The second-order valence-electron chi connectivity index (χ2n) is 5.86. The van der Waals surface area contributed by atoms with Crippen molar-refractivity contribution in [3.05, 3.63) is 48.0 Å². The van der Waals surface area contributed by atoms with Crippen molar-refractivity contribution in [2.24, 2.45) is 5.10 Å². The van der Waals surface area contributed by atoms with Crippen LogP contribution in [0.25, 0.3) is 0 Å². The summed E-state index contributed by atoms with van der Waals surface area (Å²) in [5.74, 6) is 0.877. The maximum absolute atomic E-state index is 12.0. The molecular weight excluding hydrogens is 348 g/mol. The number of hydrogen-bond acceptors (Lipinski definition) is 6. The van der Waals surface area contributed by atoms with Crippen LogP contribution in [0.4, 0.5) is 11.4 Å². The van der Waals surface area contributed by atoms with Crippen LogP contribution in [0.3, 0.4) is 0 Å². The number of hydrogen-bond donors (Lipinski definition) is 3. The zero-order chi connectivity index (χ0) is 19.2. The third-order valence-corrected chi connectivity index (χ3v) is 3.92. The minimum atomic E-state index is -0.278. The van der Waals surface area contributed by atoms with E-state index in [4.69, 9.17) is 9.47 Å². The fourth-order valence-corrected chi connectivity index (χ4v) is 2.45. The lowest BCUT2D eigenvalue weighted by atomic mass is 10.1. The molecule has 3 N–H and O–H groups in total. The molecule has 0 bridgehead atoms. The lowest BCUT2D eigenvalue weighted by molar-refractivity contribution is -0.119. The average molecular weight is 368 g/mol. The van der Waals surface area contributed by atoms with Gasteiger partial charge in [-0.05, 0) is 55.0 Å². The van der Waals surface area contributed by atoms with Gasteiger partial charge in [-0.3, -0.25) is 9.59 Å². The Kier molecular flexibility index (Phi) is 5.55. The van der Waals surface area contributed by atoms with Crippen molar-refractivity contribution in [1.29, 1.82) is 0 Å². The predicted molar refractivity (Wildman–Crippen MR) is 102 cm³/mol. The Labute approximate surface area is 156 Å². The molecule has 27 heavy (non-hydrogen) atoms. The molecule has 0 spiro atoms. The van der Waals surface area contributed by atoms with E-state index in [-0.39, 0.29) is 25.0 Å². The molecule has 0 radical (unpaired) electrons. The van der Waals surface area contributed by atoms with Crippen LogP contribution in [0.1, 0.15) is 12.5 Å². The van der Waals surface area contributed by atoms with Crippen LogP contribution in [0, 0.1) is 0 Å². The predicted octanol–water partition coefficient (Wildman–Crippen LogP) is 1.98. The SMILES string of the molecule is COc1ccc(NCC(=O)N/N=C(/C)c2ccc3c(c2)NC(=O)CO3)cc1. The number of fused-ring (bicyclic) bond motifs is 1. The van der Waals surface area contributed by atoms with Gasteiger partial charge in [0.25, 0.3) is 11.8 Å². The molecule has 0 aliphatic carbocycles. The summed E-state index contributed by atoms with van der Waals surface area (Å²) in [6.45, 7) is 1.86. The summed E-state index contributed by atoms with van der Waals surface area (Å²) >= 11 is 0. The van der Waals surface area contributed by atoms with Gasteiger partial charge in [0.1, 0.15) is 11.5 Å². The quantitative estimate of drug-likeness (QED) is 0.535. The van der Waals surface area contributed by atoms with Gasteiger partial charge in [-0.1, -0.05) is 0 Å². The van der Waals surface area contributed by atoms with Crippen LogP contribution >= 0.6 is 0 Å². The zero-order valence-corrected chi connectivity index (χ0v) is 15.0. The summed E-state index contributed by atoms with van der Waals surface area (Å²) in [6.07, 6.45) is 0. The Bertz CT molecular complexity index is 878. The van der Waals surface area contributed by atoms with Gasteiger partial charge in [0.05, 0.1) is 25.1 Å². The minimum Gasteiger partial charge on any atom is -0.497 e. The van der Waals surface area contributed by atoms with Crippen molar-refractivity contribution in [1.82, 2.24) is 5.43 Å². The Morgan fingerprint density at radius 1 is 1.26 bits per heavy atom. The van der Waals surface area contributed by atoms with Crippen LogP contribution in [0.5, 0.6) is 11.5 Å². The second kappa shape index (κ2) is 8.22. The molecule has 0 saturated carbocycles. The highest BCUT2D eigenvalue weighted by molar-refractivity contribution is 6.02. The van der Waals surface area contributed by atoms with Crippen molar-refractivity contribution < 1.29 is 19.1 Å². The number of nitrogens with one attached hydrogen (secondary N) is 3. The Hall–Kier alpha value is -3.55. The number of amides is 2. The van der Waals surface area contributed by atoms with Crippen molar-refractivity contribution >= 4 is 28.9 Å². The summed E-state index contributed by atoms with van der Waals surface area (Å²) in [7, 11) is 1.60. The van der Waals surface area contributed by atoms with Crippen LogP contribution in [0.2, 0.25) is 0 Å². The van der Waals surface area contributed by atoms with E-state index in [9.17, 15) is 9.59 Å². The number of rotatable bonds is 6. The molecule has 2 aromatic carbocycles. The topological polar surface area (TPSA) is 101 Å². The smallest absolute Gasteiger partial charge is 0.262 e. The van der Waals surface area contributed by atoms with E-state index < -0.39 is 0 Å². The Balaban J connectivity index is 1.55. The largest absolute Gasteiger partial charge is 0.497 e. The first-order valence-corrected chi connectivity index (χ1v) is 8.33. The average Bonchev–Trinajstić information content (AvgIpc) is 2.70. The van der Waals surface area contributed by atoms with Crippen molar-refractivity contribution in [2.45, 2.75) is 6.92 Å². The third kappa shape index (κ3) is 4.75. The monoisotopic (exact) mass is 368 g/mol. The maximum atomic E-state index is 12.0. The molecule has 0 unspecified atom stereocenters. The summed E-state index contributed by atoms with van der Waals surface area (Å²) in [5, 5.41) is 9.85. The first-order chi connectivity index (χ1) is 13.0. The molecule has 8 heteroatoms. The van der Waals surface area contributed by atoms with Crippen molar-refractivity contribution in [3.8, 4) is 11.5 Å². The Morgan fingerprint density at radius 3 is 2.78 bits per heavy atom. The molecule has 1 heterocycles. The molecule has 140 valence electrons. The van der Waals surface area contributed by atoms with Gasteiger partial charge in [-0.2, -0.15) is 5.10 Å². The molecule has 0 fully saturated rings. The first kappa shape index (κ1) is 18.2. The summed E-state index contributed by atoms with van der Waals surface area (Å²) < 4.78 is 10.4. The highest BCUT2D eigenvalue weighted by atomic mass is 16.5.